The summed E-state index contributed by atoms with van der Waals surface area (Å²) in [5.74, 6) is 0.930. The lowest BCUT2D eigenvalue weighted by Gasteiger charge is -2.26. The van der Waals surface area contributed by atoms with Crippen molar-refractivity contribution in [3.63, 3.8) is 0 Å². The third-order valence-electron chi connectivity index (χ3n) is 4.16. The summed E-state index contributed by atoms with van der Waals surface area (Å²) >= 11 is 0. The molecule has 1 fully saturated rings. The van der Waals surface area contributed by atoms with Crippen LogP contribution in [0.1, 0.15) is 18.1 Å². The van der Waals surface area contributed by atoms with Crippen molar-refractivity contribution in [3.8, 4) is 0 Å². The average molecular weight is 498 g/mol. The second kappa shape index (κ2) is 11.0. The summed E-state index contributed by atoms with van der Waals surface area (Å²) in [7, 11) is -2.84. The number of sulfone groups is 1. The Balaban J connectivity index is 0.00000338. The van der Waals surface area contributed by atoms with E-state index in [0.717, 1.165) is 18.7 Å². The zero-order valence-corrected chi connectivity index (χ0v) is 18.4. The van der Waals surface area contributed by atoms with Crippen molar-refractivity contribution in [1.29, 1.82) is 0 Å². The number of benzene rings is 1. The van der Waals surface area contributed by atoms with Gasteiger partial charge in [-0.15, -0.1) is 24.0 Å². The molecule has 1 aliphatic heterocycles. The van der Waals surface area contributed by atoms with Crippen LogP contribution in [-0.2, 0) is 16.4 Å². The largest absolute Gasteiger partial charge is 0.357 e. The molecule has 0 spiro atoms. The molecule has 0 amide bonds. The maximum atomic E-state index is 13.6. The first-order chi connectivity index (χ1) is 11.9. The van der Waals surface area contributed by atoms with Crippen LogP contribution < -0.4 is 10.6 Å². The highest BCUT2D eigenvalue weighted by atomic mass is 127. The van der Waals surface area contributed by atoms with Crippen molar-refractivity contribution in [1.82, 2.24) is 15.5 Å². The van der Waals surface area contributed by atoms with E-state index in [1.807, 2.05) is 13.0 Å². The predicted octanol–water partition coefficient (Wildman–Crippen LogP) is 1.54. The second-order valence-corrected chi connectivity index (χ2v) is 8.50. The number of aliphatic imine (C=N–C) groups is 1. The van der Waals surface area contributed by atoms with E-state index < -0.39 is 9.84 Å². The Morgan fingerprint density at radius 1 is 1.27 bits per heavy atom. The molecule has 1 aliphatic rings. The molecule has 148 valence electrons. The number of nitrogens with zero attached hydrogens (tertiary/aromatic N) is 2. The molecule has 1 heterocycles. The Labute approximate surface area is 172 Å². The molecule has 1 aromatic rings. The van der Waals surface area contributed by atoms with Gasteiger partial charge in [-0.3, -0.25) is 4.90 Å². The Kier molecular flexibility index (Phi) is 9.80. The highest BCUT2D eigenvalue weighted by Gasteiger charge is 2.20. The summed E-state index contributed by atoms with van der Waals surface area (Å²) < 4.78 is 36.4. The minimum atomic E-state index is -2.84. The van der Waals surface area contributed by atoms with Crippen LogP contribution in [-0.4, -0.2) is 63.5 Å². The van der Waals surface area contributed by atoms with E-state index in [1.165, 1.54) is 6.07 Å². The smallest absolute Gasteiger partial charge is 0.191 e. The van der Waals surface area contributed by atoms with Gasteiger partial charge in [0.05, 0.1) is 18.1 Å². The number of aryl methyl sites for hydroxylation is 1. The van der Waals surface area contributed by atoms with Gasteiger partial charge in [0.1, 0.15) is 5.82 Å². The molecule has 2 rings (SSSR count). The molecule has 6 nitrogen and oxygen atoms in total. The number of hydrogen-bond donors (Lipinski definition) is 2. The SMILES string of the molecule is CCNC(=NCc1ccc(C)c(F)c1)NCCN1CCS(=O)(=O)CC1.I. The lowest BCUT2D eigenvalue weighted by atomic mass is 10.1. The maximum Gasteiger partial charge on any atom is 0.191 e. The van der Waals surface area contributed by atoms with Gasteiger partial charge < -0.3 is 10.6 Å². The van der Waals surface area contributed by atoms with Crippen LogP contribution in [0.15, 0.2) is 23.2 Å². The summed E-state index contributed by atoms with van der Waals surface area (Å²) in [5, 5.41) is 6.40. The molecule has 0 saturated carbocycles. The van der Waals surface area contributed by atoms with Crippen LogP contribution in [0.4, 0.5) is 4.39 Å². The van der Waals surface area contributed by atoms with Crippen molar-refractivity contribution >= 4 is 39.8 Å². The lowest BCUT2D eigenvalue weighted by molar-refractivity contribution is 0.299. The van der Waals surface area contributed by atoms with E-state index in [9.17, 15) is 12.8 Å². The van der Waals surface area contributed by atoms with Crippen molar-refractivity contribution < 1.29 is 12.8 Å². The third-order valence-corrected chi connectivity index (χ3v) is 5.77. The van der Waals surface area contributed by atoms with E-state index >= 15 is 0 Å². The summed E-state index contributed by atoms with van der Waals surface area (Å²) in [6.45, 7) is 7.45. The normalized spacial score (nSPS) is 17.4. The van der Waals surface area contributed by atoms with Crippen LogP contribution >= 0.6 is 24.0 Å². The number of guanidine groups is 1. The van der Waals surface area contributed by atoms with Gasteiger partial charge in [0, 0.05) is 32.7 Å². The van der Waals surface area contributed by atoms with E-state index in [4.69, 9.17) is 0 Å². The molecule has 0 radical (unpaired) electrons. The molecule has 26 heavy (non-hydrogen) atoms. The van der Waals surface area contributed by atoms with Crippen LogP contribution in [0, 0.1) is 12.7 Å². The van der Waals surface area contributed by atoms with Gasteiger partial charge in [0.2, 0.25) is 0 Å². The number of hydrogen-bond acceptors (Lipinski definition) is 4. The monoisotopic (exact) mass is 498 g/mol. The Morgan fingerprint density at radius 3 is 2.58 bits per heavy atom. The predicted molar refractivity (Wildman–Crippen MR) is 114 cm³/mol. The Hall–Kier alpha value is -0.940. The number of nitrogens with one attached hydrogen (secondary N) is 2. The Bertz CT molecular complexity index is 699. The molecule has 1 saturated heterocycles. The minimum absolute atomic E-state index is 0. The van der Waals surface area contributed by atoms with Gasteiger partial charge in [-0.05, 0) is 31.0 Å². The highest BCUT2D eigenvalue weighted by Crippen LogP contribution is 2.10. The molecule has 0 bridgehead atoms. The van der Waals surface area contributed by atoms with E-state index in [0.29, 0.717) is 37.7 Å². The minimum Gasteiger partial charge on any atom is -0.357 e. The quantitative estimate of drug-likeness (QED) is 0.354. The number of rotatable bonds is 6. The van der Waals surface area contributed by atoms with Gasteiger partial charge in [0.15, 0.2) is 15.8 Å². The fourth-order valence-corrected chi connectivity index (χ4v) is 3.83. The number of halogens is 2. The van der Waals surface area contributed by atoms with Crippen LogP contribution in [0.25, 0.3) is 0 Å². The average Bonchev–Trinajstić information content (AvgIpc) is 2.57. The molecule has 1 aromatic carbocycles. The first-order valence-electron chi connectivity index (χ1n) is 8.59. The summed E-state index contributed by atoms with van der Waals surface area (Å²) in [6, 6.07) is 5.14. The van der Waals surface area contributed by atoms with E-state index in [1.54, 1.807) is 13.0 Å². The summed E-state index contributed by atoms with van der Waals surface area (Å²) in [4.78, 5) is 6.61. The molecule has 0 unspecified atom stereocenters. The standard InChI is InChI=1S/C17H27FN4O2S.HI/c1-3-19-17(21-13-15-5-4-14(2)16(18)12-15)20-6-7-22-8-10-25(23,24)11-9-22;/h4-5,12H,3,6-11,13H2,1-2H3,(H2,19,20,21);1H. The highest BCUT2D eigenvalue weighted by molar-refractivity contribution is 14.0. The summed E-state index contributed by atoms with van der Waals surface area (Å²) in [5.41, 5.74) is 1.45. The van der Waals surface area contributed by atoms with Crippen molar-refractivity contribution in [2.24, 2.45) is 4.99 Å². The Morgan fingerprint density at radius 2 is 1.96 bits per heavy atom. The van der Waals surface area contributed by atoms with Crippen LogP contribution in [0.5, 0.6) is 0 Å². The topological polar surface area (TPSA) is 73.8 Å². The fourth-order valence-electron chi connectivity index (χ4n) is 2.55. The first kappa shape index (κ1) is 23.1. The molecule has 0 aromatic heterocycles. The third kappa shape index (κ3) is 7.75. The zero-order chi connectivity index (χ0) is 18.3. The van der Waals surface area contributed by atoms with Gasteiger partial charge in [-0.1, -0.05) is 12.1 Å². The van der Waals surface area contributed by atoms with E-state index in [2.05, 4.69) is 20.5 Å². The lowest BCUT2D eigenvalue weighted by Crippen LogP contribution is -2.45. The zero-order valence-electron chi connectivity index (χ0n) is 15.3. The van der Waals surface area contributed by atoms with Crippen molar-refractivity contribution in [2.75, 3.05) is 44.2 Å². The fraction of sp³-hybridized carbons (Fsp3) is 0.588. The van der Waals surface area contributed by atoms with Crippen molar-refractivity contribution in [3.05, 3.63) is 35.1 Å². The molecular formula is C17H28FIN4O2S. The molecular weight excluding hydrogens is 470 g/mol. The van der Waals surface area contributed by atoms with Gasteiger partial charge >= 0.3 is 0 Å². The maximum absolute atomic E-state index is 13.6. The van der Waals surface area contributed by atoms with Gasteiger partial charge in [-0.2, -0.15) is 0 Å². The molecule has 0 aliphatic carbocycles. The molecule has 9 heteroatoms. The first-order valence-corrected chi connectivity index (χ1v) is 10.4. The van der Waals surface area contributed by atoms with Gasteiger partial charge in [0.25, 0.3) is 0 Å². The van der Waals surface area contributed by atoms with Crippen LogP contribution in [0.3, 0.4) is 0 Å². The summed E-state index contributed by atoms with van der Waals surface area (Å²) in [6.07, 6.45) is 0. The van der Waals surface area contributed by atoms with Crippen molar-refractivity contribution in [2.45, 2.75) is 20.4 Å². The van der Waals surface area contributed by atoms with E-state index in [-0.39, 0.29) is 41.3 Å². The molecule has 2 N–H and O–H groups in total. The second-order valence-electron chi connectivity index (χ2n) is 6.20. The molecule has 0 atom stereocenters. The van der Waals surface area contributed by atoms with Gasteiger partial charge in [-0.25, -0.2) is 17.8 Å². The van der Waals surface area contributed by atoms with Crippen LogP contribution in [0.2, 0.25) is 0 Å².